The van der Waals surface area contributed by atoms with Crippen LogP contribution >= 0.6 is 22.9 Å². The third kappa shape index (κ3) is 2.86. The van der Waals surface area contributed by atoms with Crippen molar-refractivity contribution in [2.24, 2.45) is 5.92 Å². The first kappa shape index (κ1) is 15.8. The summed E-state index contributed by atoms with van der Waals surface area (Å²) in [5.41, 5.74) is 0. The van der Waals surface area contributed by atoms with Crippen molar-refractivity contribution in [2.75, 3.05) is 0 Å². The fourth-order valence-corrected chi connectivity index (χ4v) is 5.14. The predicted octanol–water partition coefficient (Wildman–Crippen LogP) is 3.15. The van der Waals surface area contributed by atoms with Gasteiger partial charge in [0.15, 0.2) is 15.1 Å². The van der Waals surface area contributed by atoms with Crippen LogP contribution in [0.4, 0.5) is 0 Å². The van der Waals surface area contributed by atoms with Gasteiger partial charge in [0, 0.05) is 17.6 Å². The number of aromatic nitrogens is 2. The molecule has 0 fully saturated rings. The first-order valence-corrected chi connectivity index (χ1v) is 9.28. The molecule has 112 valence electrons. The van der Waals surface area contributed by atoms with Gasteiger partial charge in [-0.2, -0.15) is 0 Å². The van der Waals surface area contributed by atoms with Gasteiger partial charge in [-0.1, -0.05) is 38.3 Å². The van der Waals surface area contributed by atoms with Crippen LogP contribution in [0.3, 0.4) is 0 Å². The van der Waals surface area contributed by atoms with Gasteiger partial charge in [-0.3, -0.25) is 4.40 Å². The molecule has 20 heavy (non-hydrogen) atoms. The van der Waals surface area contributed by atoms with E-state index >= 15 is 0 Å². The third-order valence-electron chi connectivity index (χ3n) is 3.53. The molecule has 1 unspecified atom stereocenters. The minimum atomic E-state index is -3.68. The highest BCUT2D eigenvalue weighted by molar-refractivity contribution is 7.89. The summed E-state index contributed by atoms with van der Waals surface area (Å²) < 4.78 is 29.3. The molecule has 0 amide bonds. The molecular weight excluding hydrogens is 318 g/mol. The smallest absolute Gasteiger partial charge is 0.260 e. The molecule has 0 aromatic carbocycles. The minimum absolute atomic E-state index is 0.0149. The van der Waals surface area contributed by atoms with Crippen LogP contribution in [0.15, 0.2) is 16.6 Å². The fraction of sp³-hybridized carbons (Fsp3) is 0.583. The molecule has 0 bridgehead atoms. The normalized spacial score (nSPS) is 14.2. The van der Waals surface area contributed by atoms with E-state index in [1.54, 1.807) is 11.6 Å². The minimum Gasteiger partial charge on any atom is -0.279 e. The van der Waals surface area contributed by atoms with E-state index in [0.717, 1.165) is 12.8 Å². The zero-order valence-electron chi connectivity index (χ0n) is 11.6. The van der Waals surface area contributed by atoms with Crippen molar-refractivity contribution >= 4 is 37.9 Å². The maximum Gasteiger partial charge on any atom is 0.260 e. The zero-order valence-corrected chi connectivity index (χ0v) is 14.0. The van der Waals surface area contributed by atoms with Crippen LogP contribution in [0, 0.1) is 5.92 Å². The third-order valence-corrected chi connectivity index (χ3v) is 6.24. The van der Waals surface area contributed by atoms with Crippen LogP contribution < -0.4 is 4.72 Å². The number of nitrogens with one attached hydrogen (secondary N) is 1. The summed E-state index contributed by atoms with van der Waals surface area (Å²) in [6, 6.07) is -0.143. The molecule has 0 aliphatic carbocycles. The highest BCUT2D eigenvalue weighted by Crippen LogP contribution is 2.26. The van der Waals surface area contributed by atoms with Crippen LogP contribution in [0.2, 0.25) is 5.15 Å². The van der Waals surface area contributed by atoms with E-state index in [1.807, 2.05) is 6.92 Å². The van der Waals surface area contributed by atoms with Gasteiger partial charge >= 0.3 is 0 Å². The summed E-state index contributed by atoms with van der Waals surface area (Å²) in [5, 5.41) is 1.82. The largest absolute Gasteiger partial charge is 0.279 e. The molecule has 0 aliphatic heterocycles. The molecule has 0 spiro atoms. The Bertz CT molecular complexity index is 689. The highest BCUT2D eigenvalue weighted by Gasteiger charge is 2.28. The topological polar surface area (TPSA) is 63.5 Å². The molecule has 0 saturated heterocycles. The van der Waals surface area contributed by atoms with Crippen molar-refractivity contribution in [1.82, 2.24) is 14.1 Å². The van der Waals surface area contributed by atoms with Gasteiger partial charge in [0.2, 0.25) is 0 Å². The average Bonchev–Trinajstić information content (AvgIpc) is 2.88. The molecule has 8 heteroatoms. The number of fused-ring (bicyclic) bond motifs is 1. The lowest BCUT2D eigenvalue weighted by Crippen LogP contribution is -2.38. The Morgan fingerprint density at radius 3 is 2.70 bits per heavy atom. The number of imidazole rings is 1. The quantitative estimate of drug-likeness (QED) is 0.882. The van der Waals surface area contributed by atoms with Crippen molar-refractivity contribution in [3.63, 3.8) is 0 Å². The molecule has 2 heterocycles. The van der Waals surface area contributed by atoms with E-state index in [2.05, 4.69) is 23.6 Å². The lowest BCUT2D eigenvalue weighted by Gasteiger charge is -2.22. The number of sulfonamides is 1. The predicted molar refractivity (Wildman–Crippen MR) is 81.9 cm³/mol. The lowest BCUT2D eigenvalue weighted by molar-refractivity contribution is 0.390. The summed E-state index contributed by atoms with van der Waals surface area (Å²) in [5.74, 6) is 0.300. The summed E-state index contributed by atoms with van der Waals surface area (Å²) in [7, 11) is -3.68. The van der Waals surface area contributed by atoms with Crippen molar-refractivity contribution < 1.29 is 8.42 Å². The zero-order chi connectivity index (χ0) is 14.9. The van der Waals surface area contributed by atoms with Crippen molar-refractivity contribution in [3.8, 4) is 0 Å². The van der Waals surface area contributed by atoms with E-state index in [9.17, 15) is 8.42 Å². The highest BCUT2D eigenvalue weighted by atomic mass is 35.5. The molecule has 2 aromatic heterocycles. The van der Waals surface area contributed by atoms with Gasteiger partial charge in [0.1, 0.15) is 0 Å². The average molecular weight is 336 g/mol. The van der Waals surface area contributed by atoms with Gasteiger partial charge in [-0.05, 0) is 12.8 Å². The van der Waals surface area contributed by atoms with Gasteiger partial charge in [0.05, 0.1) is 0 Å². The van der Waals surface area contributed by atoms with Crippen LogP contribution in [0.5, 0.6) is 0 Å². The molecule has 1 N–H and O–H groups in total. The Morgan fingerprint density at radius 1 is 1.45 bits per heavy atom. The summed E-state index contributed by atoms with van der Waals surface area (Å²) >= 11 is 7.33. The van der Waals surface area contributed by atoms with E-state index in [0.29, 0.717) is 10.9 Å². The number of nitrogens with zero attached hydrogens (tertiary/aromatic N) is 2. The second-order valence-corrected chi connectivity index (χ2v) is 7.61. The van der Waals surface area contributed by atoms with E-state index in [4.69, 9.17) is 11.6 Å². The second kappa shape index (κ2) is 6.01. The molecule has 0 radical (unpaired) electrons. The Morgan fingerprint density at radius 2 is 2.10 bits per heavy atom. The Kier molecular flexibility index (Phi) is 4.73. The lowest BCUT2D eigenvalue weighted by atomic mass is 9.96. The van der Waals surface area contributed by atoms with Gasteiger partial charge in [0.25, 0.3) is 10.0 Å². The first-order valence-electron chi connectivity index (χ1n) is 6.54. The van der Waals surface area contributed by atoms with Crippen LogP contribution in [0.25, 0.3) is 4.96 Å². The second-order valence-electron chi connectivity index (χ2n) is 4.75. The number of rotatable bonds is 6. The van der Waals surface area contributed by atoms with Crippen molar-refractivity contribution in [1.29, 1.82) is 0 Å². The Balaban J connectivity index is 2.35. The summed E-state index contributed by atoms with van der Waals surface area (Å²) in [4.78, 5) is 4.63. The SMILES string of the molecule is CCC(CC)C(C)NS(=O)(=O)c1c(Cl)nc2sccn12. The summed E-state index contributed by atoms with van der Waals surface area (Å²) in [6.07, 6.45) is 3.51. The molecule has 5 nitrogen and oxygen atoms in total. The van der Waals surface area contributed by atoms with E-state index in [1.165, 1.54) is 15.7 Å². The van der Waals surface area contributed by atoms with E-state index < -0.39 is 10.0 Å². The van der Waals surface area contributed by atoms with Crippen LogP contribution in [-0.4, -0.2) is 23.8 Å². The van der Waals surface area contributed by atoms with Crippen LogP contribution in [0.1, 0.15) is 33.6 Å². The Hall–Kier alpha value is -0.630. The van der Waals surface area contributed by atoms with E-state index in [-0.39, 0.29) is 16.2 Å². The number of halogens is 1. The van der Waals surface area contributed by atoms with Gasteiger partial charge < -0.3 is 0 Å². The monoisotopic (exact) mass is 335 g/mol. The number of thiazole rings is 1. The molecule has 2 rings (SSSR count). The molecular formula is C12H18ClN3O2S2. The molecule has 0 saturated carbocycles. The maximum atomic E-state index is 12.5. The van der Waals surface area contributed by atoms with Crippen LogP contribution in [-0.2, 0) is 10.0 Å². The summed E-state index contributed by atoms with van der Waals surface area (Å²) in [6.45, 7) is 6.00. The van der Waals surface area contributed by atoms with Crippen molar-refractivity contribution in [2.45, 2.75) is 44.7 Å². The Labute approximate surface area is 128 Å². The fourth-order valence-electron chi connectivity index (χ4n) is 2.37. The number of hydrogen-bond acceptors (Lipinski definition) is 4. The maximum absolute atomic E-state index is 12.5. The first-order chi connectivity index (χ1) is 9.40. The van der Waals surface area contributed by atoms with Gasteiger partial charge in [-0.25, -0.2) is 18.1 Å². The molecule has 1 atom stereocenters. The van der Waals surface area contributed by atoms with Gasteiger partial charge in [-0.15, -0.1) is 11.3 Å². The standard InChI is InChI=1S/C12H18ClN3O2S2/c1-4-9(5-2)8(3)15-20(17,18)11-10(13)14-12-16(11)6-7-19-12/h6-9,15H,4-5H2,1-3H3. The van der Waals surface area contributed by atoms with Crippen molar-refractivity contribution in [3.05, 3.63) is 16.7 Å². The number of hydrogen-bond donors (Lipinski definition) is 1. The molecule has 2 aromatic rings. The molecule has 0 aliphatic rings.